The number of aromatic nitrogens is 2. The fourth-order valence-electron chi connectivity index (χ4n) is 1.78. The first-order valence-corrected chi connectivity index (χ1v) is 6.12. The highest BCUT2D eigenvalue weighted by atomic mass is 19.1. The predicted octanol–water partition coefficient (Wildman–Crippen LogP) is 1.97. The lowest BCUT2D eigenvalue weighted by Gasteiger charge is -2.17. The first-order valence-electron chi connectivity index (χ1n) is 6.12. The van der Waals surface area contributed by atoms with Gasteiger partial charge in [0.1, 0.15) is 5.82 Å². The van der Waals surface area contributed by atoms with Crippen LogP contribution in [0, 0.1) is 5.82 Å². The van der Waals surface area contributed by atoms with E-state index in [0.717, 1.165) is 17.1 Å². The third-order valence-corrected chi connectivity index (χ3v) is 2.79. The van der Waals surface area contributed by atoms with Gasteiger partial charge in [0.05, 0.1) is 5.69 Å². The van der Waals surface area contributed by atoms with Gasteiger partial charge in [0.25, 0.3) is 0 Å². The molecule has 1 aromatic heterocycles. The molecular weight excluding hydrogens is 243 g/mol. The maximum atomic E-state index is 12.8. The molecule has 0 unspecified atom stereocenters. The second-order valence-electron chi connectivity index (χ2n) is 4.40. The van der Waals surface area contributed by atoms with Crippen LogP contribution in [0.5, 0.6) is 0 Å². The Balaban J connectivity index is 2.02. The lowest BCUT2D eigenvalue weighted by Crippen LogP contribution is -2.18. The zero-order valence-electron chi connectivity index (χ0n) is 11.1. The van der Waals surface area contributed by atoms with E-state index in [1.54, 1.807) is 12.1 Å². The van der Waals surface area contributed by atoms with Crippen LogP contribution in [0.25, 0.3) is 0 Å². The van der Waals surface area contributed by atoms with Crippen molar-refractivity contribution in [3.63, 3.8) is 0 Å². The predicted molar refractivity (Wildman–Crippen MR) is 73.3 cm³/mol. The number of nitrogens with one attached hydrogen (secondary N) is 1. The number of nitrogens with zero attached hydrogens (tertiary/aromatic N) is 3. The van der Waals surface area contributed by atoms with E-state index in [2.05, 4.69) is 15.5 Å². The van der Waals surface area contributed by atoms with Crippen molar-refractivity contribution in [1.82, 2.24) is 15.5 Å². The first-order chi connectivity index (χ1) is 9.19. The molecule has 0 aliphatic carbocycles. The van der Waals surface area contributed by atoms with Crippen molar-refractivity contribution in [3.05, 3.63) is 53.5 Å². The zero-order valence-corrected chi connectivity index (χ0v) is 11.1. The first kappa shape index (κ1) is 13.4. The van der Waals surface area contributed by atoms with E-state index in [4.69, 9.17) is 0 Å². The number of hydrogen-bond donors (Lipinski definition) is 1. The van der Waals surface area contributed by atoms with E-state index >= 15 is 0 Å². The van der Waals surface area contributed by atoms with Crippen LogP contribution >= 0.6 is 0 Å². The van der Waals surface area contributed by atoms with Crippen LogP contribution in [-0.2, 0) is 13.1 Å². The molecular formula is C14H17FN4. The Labute approximate surface area is 112 Å². The summed E-state index contributed by atoms with van der Waals surface area (Å²) >= 11 is 0. The lowest BCUT2D eigenvalue weighted by atomic mass is 10.2. The lowest BCUT2D eigenvalue weighted by molar-refractivity contribution is 0.627. The molecule has 0 amide bonds. The maximum absolute atomic E-state index is 12.8. The molecule has 1 heterocycles. The van der Waals surface area contributed by atoms with Gasteiger partial charge in [-0.3, -0.25) is 0 Å². The Morgan fingerprint density at radius 1 is 1.11 bits per heavy atom. The largest absolute Gasteiger partial charge is 0.354 e. The molecule has 0 aliphatic rings. The Kier molecular flexibility index (Phi) is 4.41. The second-order valence-corrected chi connectivity index (χ2v) is 4.40. The molecule has 0 spiro atoms. The van der Waals surface area contributed by atoms with Crippen LogP contribution in [-0.4, -0.2) is 24.3 Å². The SMILES string of the molecule is CNCc1ccc(N(C)Cc2ccc(F)cc2)nn1. The molecule has 0 bridgehead atoms. The van der Waals surface area contributed by atoms with Crippen molar-refractivity contribution in [3.8, 4) is 0 Å². The average Bonchev–Trinajstić information content (AvgIpc) is 2.42. The molecule has 5 heteroatoms. The molecule has 1 N–H and O–H groups in total. The van der Waals surface area contributed by atoms with Crippen molar-refractivity contribution < 1.29 is 4.39 Å². The van der Waals surface area contributed by atoms with E-state index in [0.29, 0.717) is 13.1 Å². The molecule has 19 heavy (non-hydrogen) atoms. The molecule has 0 radical (unpaired) electrons. The maximum Gasteiger partial charge on any atom is 0.151 e. The summed E-state index contributed by atoms with van der Waals surface area (Å²) in [5, 5.41) is 11.3. The van der Waals surface area contributed by atoms with Crippen molar-refractivity contribution in [2.75, 3.05) is 19.0 Å². The number of hydrogen-bond acceptors (Lipinski definition) is 4. The van der Waals surface area contributed by atoms with Crippen LogP contribution in [0.3, 0.4) is 0 Å². The molecule has 1 aromatic carbocycles. The molecule has 0 aliphatic heterocycles. The Bertz CT molecular complexity index is 510. The molecule has 2 rings (SSSR count). The minimum Gasteiger partial charge on any atom is -0.354 e. The molecule has 0 saturated carbocycles. The van der Waals surface area contributed by atoms with E-state index < -0.39 is 0 Å². The molecule has 4 nitrogen and oxygen atoms in total. The van der Waals surface area contributed by atoms with E-state index in [9.17, 15) is 4.39 Å². The Morgan fingerprint density at radius 2 is 1.84 bits per heavy atom. The summed E-state index contributed by atoms with van der Waals surface area (Å²) in [7, 11) is 3.81. The minimum absolute atomic E-state index is 0.220. The van der Waals surface area contributed by atoms with Gasteiger partial charge >= 0.3 is 0 Å². The van der Waals surface area contributed by atoms with Crippen molar-refractivity contribution in [2.24, 2.45) is 0 Å². The Hall–Kier alpha value is -2.01. The van der Waals surface area contributed by atoms with E-state index in [-0.39, 0.29) is 5.82 Å². The quantitative estimate of drug-likeness (QED) is 0.892. The summed E-state index contributed by atoms with van der Waals surface area (Å²) in [6.07, 6.45) is 0. The molecule has 0 fully saturated rings. The van der Waals surface area contributed by atoms with Gasteiger partial charge in [-0.15, -0.1) is 5.10 Å². The number of benzene rings is 1. The van der Waals surface area contributed by atoms with Crippen molar-refractivity contribution >= 4 is 5.82 Å². The zero-order chi connectivity index (χ0) is 13.7. The fourth-order valence-corrected chi connectivity index (χ4v) is 1.78. The summed E-state index contributed by atoms with van der Waals surface area (Å²) in [5.41, 5.74) is 1.94. The highest BCUT2D eigenvalue weighted by molar-refractivity contribution is 5.37. The van der Waals surface area contributed by atoms with Gasteiger partial charge in [-0.1, -0.05) is 12.1 Å². The molecule has 0 saturated heterocycles. The summed E-state index contributed by atoms with van der Waals surface area (Å²) in [4.78, 5) is 1.98. The van der Waals surface area contributed by atoms with Gasteiger partial charge in [0.2, 0.25) is 0 Å². The fraction of sp³-hybridized carbons (Fsp3) is 0.286. The minimum atomic E-state index is -0.220. The van der Waals surface area contributed by atoms with E-state index in [1.807, 2.05) is 31.1 Å². The highest BCUT2D eigenvalue weighted by Crippen LogP contribution is 2.12. The summed E-state index contributed by atoms with van der Waals surface area (Å²) < 4.78 is 12.8. The number of anilines is 1. The highest BCUT2D eigenvalue weighted by Gasteiger charge is 2.05. The topological polar surface area (TPSA) is 41.0 Å². The Morgan fingerprint density at radius 3 is 2.42 bits per heavy atom. The number of halogens is 1. The van der Waals surface area contributed by atoms with Crippen molar-refractivity contribution in [1.29, 1.82) is 0 Å². The summed E-state index contributed by atoms with van der Waals surface area (Å²) in [6.45, 7) is 1.37. The van der Waals surface area contributed by atoms with Gasteiger partial charge in [0, 0.05) is 20.1 Å². The molecule has 0 atom stereocenters. The smallest absolute Gasteiger partial charge is 0.151 e. The van der Waals surface area contributed by atoms with Crippen LogP contribution < -0.4 is 10.2 Å². The average molecular weight is 260 g/mol. The summed E-state index contributed by atoms with van der Waals surface area (Å²) in [6, 6.07) is 10.3. The van der Waals surface area contributed by atoms with Gasteiger partial charge in [-0.25, -0.2) is 4.39 Å². The van der Waals surface area contributed by atoms with Gasteiger partial charge in [-0.05, 0) is 36.9 Å². The molecule has 2 aromatic rings. The normalized spacial score (nSPS) is 10.5. The van der Waals surface area contributed by atoms with Gasteiger partial charge in [0.15, 0.2) is 5.82 Å². The van der Waals surface area contributed by atoms with Crippen molar-refractivity contribution in [2.45, 2.75) is 13.1 Å². The number of rotatable bonds is 5. The van der Waals surface area contributed by atoms with Gasteiger partial charge in [-0.2, -0.15) is 5.10 Å². The molecule has 100 valence electrons. The van der Waals surface area contributed by atoms with Crippen LogP contribution in [0.4, 0.5) is 10.2 Å². The van der Waals surface area contributed by atoms with Crippen LogP contribution in [0.1, 0.15) is 11.3 Å². The second kappa shape index (κ2) is 6.24. The third-order valence-electron chi connectivity index (χ3n) is 2.79. The van der Waals surface area contributed by atoms with E-state index in [1.165, 1.54) is 12.1 Å². The third kappa shape index (κ3) is 3.72. The standard InChI is InChI=1S/C14H17FN4/c1-16-9-13-7-8-14(18-17-13)19(2)10-11-3-5-12(15)6-4-11/h3-8,16H,9-10H2,1-2H3. The summed E-state index contributed by atoms with van der Waals surface area (Å²) in [5.74, 6) is 0.576. The van der Waals surface area contributed by atoms with Crippen LogP contribution in [0.2, 0.25) is 0 Å². The van der Waals surface area contributed by atoms with Gasteiger partial charge < -0.3 is 10.2 Å². The monoisotopic (exact) mass is 260 g/mol. The van der Waals surface area contributed by atoms with Crippen LogP contribution in [0.15, 0.2) is 36.4 Å².